The summed E-state index contributed by atoms with van der Waals surface area (Å²) in [5, 5.41) is 9.37. The molecule has 0 aliphatic rings. The van der Waals surface area contributed by atoms with Gasteiger partial charge < -0.3 is 9.84 Å². The van der Waals surface area contributed by atoms with Crippen molar-refractivity contribution in [3.05, 3.63) is 23.8 Å². The summed E-state index contributed by atoms with van der Waals surface area (Å²) in [6.45, 7) is 5.03. The molecule has 0 amide bonds. The van der Waals surface area contributed by atoms with Crippen molar-refractivity contribution >= 4 is 0 Å². The Morgan fingerprint density at radius 1 is 0.783 bits per heavy atom. The maximum absolute atomic E-state index is 9.37. The average molecular weight is 321 g/mol. The van der Waals surface area contributed by atoms with Gasteiger partial charge in [0.15, 0.2) is 0 Å². The molecule has 2 heteroatoms. The Labute approximate surface area is 143 Å². The third-order valence-corrected chi connectivity index (χ3v) is 4.41. The summed E-state index contributed by atoms with van der Waals surface area (Å²) < 4.78 is 5.77. The summed E-state index contributed by atoms with van der Waals surface area (Å²) in [7, 11) is 0. The maximum Gasteiger partial charge on any atom is 0.122 e. The van der Waals surface area contributed by atoms with Gasteiger partial charge in [-0.25, -0.2) is 0 Å². The van der Waals surface area contributed by atoms with Crippen LogP contribution in [-0.2, 0) is 0 Å². The van der Waals surface area contributed by atoms with Crippen molar-refractivity contribution in [2.24, 2.45) is 0 Å². The van der Waals surface area contributed by atoms with Gasteiger partial charge in [-0.15, -0.1) is 0 Å². The van der Waals surface area contributed by atoms with Gasteiger partial charge in [-0.3, -0.25) is 0 Å². The summed E-state index contributed by atoms with van der Waals surface area (Å²) in [5.74, 6) is 1.20. The molecular weight excluding hydrogens is 284 g/mol. The van der Waals surface area contributed by atoms with E-state index in [4.69, 9.17) is 4.74 Å². The van der Waals surface area contributed by atoms with E-state index in [1.54, 1.807) is 12.1 Å². The first-order valence-electron chi connectivity index (χ1n) is 9.66. The van der Waals surface area contributed by atoms with Gasteiger partial charge in [0.05, 0.1) is 6.61 Å². The second-order valence-electron chi connectivity index (χ2n) is 6.69. The van der Waals surface area contributed by atoms with E-state index in [1.165, 1.54) is 70.6 Å². The summed E-state index contributed by atoms with van der Waals surface area (Å²) in [6.07, 6.45) is 16.3. The Morgan fingerprint density at radius 3 is 1.83 bits per heavy atom. The zero-order valence-electron chi connectivity index (χ0n) is 15.3. The molecule has 0 bridgehead atoms. The lowest BCUT2D eigenvalue weighted by molar-refractivity contribution is 0.302. The third kappa shape index (κ3) is 10.3. The molecule has 0 radical (unpaired) electrons. The van der Waals surface area contributed by atoms with E-state index in [0.717, 1.165) is 24.3 Å². The molecule has 0 aliphatic carbocycles. The highest BCUT2D eigenvalue weighted by molar-refractivity contribution is 5.38. The number of hydrogen-bond acceptors (Lipinski definition) is 2. The fourth-order valence-electron chi connectivity index (χ4n) is 2.92. The smallest absolute Gasteiger partial charge is 0.122 e. The number of rotatable bonds is 14. The molecule has 0 fully saturated rings. The van der Waals surface area contributed by atoms with Gasteiger partial charge in [-0.2, -0.15) is 0 Å². The largest absolute Gasteiger partial charge is 0.508 e. The topological polar surface area (TPSA) is 29.5 Å². The number of aryl methyl sites for hydroxylation is 1. The van der Waals surface area contributed by atoms with Gasteiger partial charge in [0, 0.05) is 0 Å². The fraction of sp³-hybridized carbons (Fsp3) is 0.714. The van der Waals surface area contributed by atoms with E-state index in [1.807, 2.05) is 13.0 Å². The van der Waals surface area contributed by atoms with Gasteiger partial charge in [0.25, 0.3) is 0 Å². The van der Waals surface area contributed by atoms with Crippen LogP contribution < -0.4 is 4.74 Å². The lowest BCUT2D eigenvalue weighted by Crippen LogP contribution is -1.98. The van der Waals surface area contributed by atoms with Crippen LogP contribution in [0.4, 0.5) is 0 Å². The molecular formula is C21H36O2. The zero-order chi connectivity index (χ0) is 16.8. The van der Waals surface area contributed by atoms with E-state index in [2.05, 4.69) is 6.92 Å². The molecule has 0 atom stereocenters. The van der Waals surface area contributed by atoms with Crippen LogP contribution >= 0.6 is 0 Å². The highest BCUT2D eigenvalue weighted by atomic mass is 16.5. The highest BCUT2D eigenvalue weighted by Gasteiger charge is 2.00. The fourth-order valence-corrected chi connectivity index (χ4v) is 2.92. The van der Waals surface area contributed by atoms with Crippen molar-refractivity contribution < 1.29 is 9.84 Å². The lowest BCUT2D eigenvalue weighted by atomic mass is 10.1. The quantitative estimate of drug-likeness (QED) is 0.383. The molecule has 23 heavy (non-hydrogen) atoms. The van der Waals surface area contributed by atoms with Crippen molar-refractivity contribution in [1.82, 2.24) is 0 Å². The number of aromatic hydroxyl groups is 1. The first kappa shape index (κ1) is 19.9. The Kier molecular flexibility index (Phi) is 11.5. The van der Waals surface area contributed by atoms with Crippen LogP contribution in [0.25, 0.3) is 0 Å². The van der Waals surface area contributed by atoms with Gasteiger partial charge in [0.1, 0.15) is 11.5 Å². The van der Waals surface area contributed by atoms with Crippen LogP contribution in [0.15, 0.2) is 18.2 Å². The van der Waals surface area contributed by atoms with Crippen LogP contribution in [0.5, 0.6) is 11.5 Å². The Balaban J connectivity index is 1.86. The van der Waals surface area contributed by atoms with Gasteiger partial charge in [-0.05, 0) is 37.1 Å². The number of phenols is 1. The van der Waals surface area contributed by atoms with Crippen LogP contribution in [-0.4, -0.2) is 11.7 Å². The van der Waals surface area contributed by atoms with E-state index in [0.29, 0.717) is 5.75 Å². The molecule has 0 aliphatic heterocycles. The molecule has 0 spiro atoms. The summed E-state index contributed by atoms with van der Waals surface area (Å²) in [4.78, 5) is 0. The molecule has 1 aromatic carbocycles. The van der Waals surface area contributed by atoms with Gasteiger partial charge >= 0.3 is 0 Å². The van der Waals surface area contributed by atoms with Crippen molar-refractivity contribution in [1.29, 1.82) is 0 Å². The van der Waals surface area contributed by atoms with Crippen molar-refractivity contribution in [3.63, 3.8) is 0 Å². The van der Waals surface area contributed by atoms with Crippen LogP contribution in [0.2, 0.25) is 0 Å². The van der Waals surface area contributed by atoms with Crippen molar-refractivity contribution in [2.75, 3.05) is 6.61 Å². The average Bonchev–Trinajstić information content (AvgIpc) is 2.53. The molecule has 1 aromatic rings. The van der Waals surface area contributed by atoms with E-state index in [9.17, 15) is 5.11 Å². The molecule has 0 aromatic heterocycles. The minimum atomic E-state index is 0.306. The SMILES string of the molecule is CCCCCCCCCCCCCCOc1ccc(O)cc1C. The summed E-state index contributed by atoms with van der Waals surface area (Å²) in [6, 6.07) is 5.29. The van der Waals surface area contributed by atoms with Crippen LogP contribution in [0.1, 0.15) is 89.5 Å². The maximum atomic E-state index is 9.37. The molecule has 0 saturated heterocycles. The summed E-state index contributed by atoms with van der Waals surface area (Å²) >= 11 is 0. The van der Waals surface area contributed by atoms with Gasteiger partial charge in [-0.1, -0.05) is 77.6 Å². The first-order chi connectivity index (χ1) is 11.2. The highest BCUT2D eigenvalue weighted by Crippen LogP contribution is 2.22. The molecule has 0 unspecified atom stereocenters. The first-order valence-corrected chi connectivity index (χ1v) is 9.66. The van der Waals surface area contributed by atoms with Gasteiger partial charge in [0.2, 0.25) is 0 Å². The molecule has 132 valence electrons. The second kappa shape index (κ2) is 13.3. The second-order valence-corrected chi connectivity index (χ2v) is 6.69. The van der Waals surface area contributed by atoms with E-state index >= 15 is 0 Å². The predicted octanol–water partition coefficient (Wildman–Crippen LogP) is 6.78. The number of phenolic OH excluding ortho intramolecular Hbond substituents is 1. The van der Waals surface area contributed by atoms with Crippen LogP contribution in [0, 0.1) is 6.92 Å². The third-order valence-electron chi connectivity index (χ3n) is 4.41. The number of unbranched alkanes of at least 4 members (excludes halogenated alkanes) is 11. The monoisotopic (exact) mass is 320 g/mol. The Morgan fingerprint density at radius 2 is 1.30 bits per heavy atom. The van der Waals surface area contributed by atoms with Crippen LogP contribution in [0.3, 0.4) is 0 Å². The zero-order valence-corrected chi connectivity index (χ0v) is 15.3. The molecule has 0 heterocycles. The lowest BCUT2D eigenvalue weighted by Gasteiger charge is -2.09. The molecule has 1 N–H and O–H groups in total. The van der Waals surface area contributed by atoms with E-state index in [-0.39, 0.29) is 0 Å². The molecule has 2 nitrogen and oxygen atoms in total. The normalized spacial score (nSPS) is 10.9. The van der Waals surface area contributed by atoms with Crippen molar-refractivity contribution in [2.45, 2.75) is 90.9 Å². The number of ether oxygens (including phenoxy) is 1. The molecule has 0 saturated carbocycles. The Hall–Kier alpha value is -1.18. The minimum absolute atomic E-state index is 0.306. The molecule has 1 rings (SSSR count). The van der Waals surface area contributed by atoms with E-state index < -0.39 is 0 Å². The minimum Gasteiger partial charge on any atom is -0.508 e. The number of hydrogen-bond donors (Lipinski definition) is 1. The Bertz CT molecular complexity index is 401. The summed E-state index contributed by atoms with van der Waals surface area (Å²) in [5.41, 5.74) is 1.00. The van der Waals surface area contributed by atoms with Crippen molar-refractivity contribution in [3.8, 4) is 11.5 Å². The predicted molar refractivity (Wildman–Crippen MR) is 99.4 cm³/mol. The standard InChI is InChI=1S/C21H36O2/c1-3-4-5-6-7-8-9-10-11-12-13-14-17-23-21-16-15-20(22)18-19(21)2/h15-16,18,22H,3-14,17H2,1-2H3. The number of benzene rings is 1.